The van der Waals surface area contributed by atoms with Crippen molar-refractivity contribution in [3.8, 4) is 0 Å². The Labute approximate surface area is 167 Å². The van der Waals surface area contributed by atoms with Crippen molar-refractivity contribution in [3.63, 3.8) is 0 Å². The second-order valence-corrected chi connectivity index (χ2v) is 9.93. The molecule has 0 bridgehead atoms. The van der Waals surface area contributed by atoms with Gasteiger partial charge < -0.3 is 14.4 Å². The van der Waals surface area contributed by atoms with Gasteiger partial charge in [-0.1, -0.05) is 69.6 Å². The molecule has 0 aliphatic rings. The van der Waals surface area contributed by atoms with E-state index in [2.05, 4.69) is 5.32 Å². The van der Waals surface area contributed by atoms with Crippen molar-refractivity contribution in [3.05, 3.63) is 65.2 Å². The van der Waals surface area contributed by atoms with E-state index in [1.165, 1.54) is 0 Å². The summed E-state index contributed by atoms with van der Waals surface area (Å²) in [5, 5.41) is 3.97. The molecule has 148 valence electrons. The van der Waals surface area contributed by atoms with Crippen LogP contribution in [0.4, 0.5) is 5.69 Å². The van der Waals surface area contributed by atoms with E-state index in [4.69, 9.17) is 20.6 Å². The number of rotatable bonds is 10. The van der Waals surface area contributed by atoms with Gasteiger partial charge in [0.05, 0.1) is 13.2 Å². The third kappa shape index (κ3) is 6.97. The van der Waals surface area contributed by atoms with Crippen molar-refractivity contribution in [1.29, 1.82) is 0 Å². The SMILES string of the molecule is CC(C)COP(=O)(OCC(C)C)C(Nc1ccccc1)c1ccc(Cl)cc1. The van der Waals surface area contributed by atoms with Crippen molar-refractivity contribution in [1.82, 2.24) is 0 Å². The van der Waals surface area contributed by atoms with Gasteiger partial charge in [-0.15, -0.1) is 0 Å². The van der Waals surface area contributed by atoms with E-state index < -0.39 is 13.4 Å². The summed E-state index contributed by atoms with van der Waals surface area (Å²) in [7, 11) is -3.49. The van der Waals surface area contributed by atoms with E-state index in [0.29, 0.717) is 18.2 Å². The Hall–Kier alpha value is -1.32. The fourth-order valence-corrected chi connectivity index (χ4v) is 4.73. The minimum atomic E-state index is -3.49. The molecule has 0 spiro atoms. The molecule has 0 heterocycles. The molecule has 6 heteroatoms. The second kappa shape index (κ2) is 10.3. The first-order valence-corrected chi connectivity index (χ1v) is 11.2. The molecular formula is C21H29ClNO3P. The van der Waals surface area contributed by atoms with Gasteiger partial charge in [-0.3, -0.25) is 4.57 Å². The lowest BCUT2D eigenvalue weighted by Crippen LogP contribution is -2.18. The lowest BCUT2D eigenvalue weighted by molar-refractivity contribution is 0.168. The Morgan fingerprint density at radius 1 is 0.889 bits per heavy atom. The van der Waals surface area contributed by atoms with Crippen LogP contribution >= 0.6 is 19.2 Å². The Kier molecular flexibility index (Phi) is 8.37. The van der Waals surface area contributed by atoms with Gasteiger partial charge in [-0.2, -0.15) is 0 Å². The summed E-state index contributed by atoms with van der Waals surface area (Å²) in [6, 6.07) is 16.9. The average molecular weight is 410 g/mol. The van der Waals surface area contributed by atoms with Crippen molar-refractivity contribution >= 4 is 24.9 Å². The van der Waals surface area contributed by atoms with E-state index in [1.807, 2.05) is 70.2 Å². The predicted octanol–water partition coefficient (Wildman–Crippen LogP) is 6.99. The first-order chi connectivity index (χ1) is 12.8. The summed E-state index contributed by atoms with van der Waals surface area (Å²) in [4.78, 5) is 0. The zero-order valence-electron chi connectivity index (χ0n) is 16.4. The topological polar surface area (TPSA) is 47.6 Å². The number of hydrogen-bond acceptors (Lipinski definition) is 4. The van der Waals surface area contributed by atoms with E-state index in [1.54, 1.807) is 12.1 Å². The number of halogens is 1. The van der Waals surface area contributed by atoms with Crippen molar-refractivity contribution in [2.75, 3.05) is 18.5 Å². The van der Waals surface area contributed by atoms with Gasteiger partial charge in [0.2, 0.25) is 0 Å². The van der Waals surface area contributed by atoms with Gasteiger partial charge in [0.1, 0.15) is 0 Å². The number of benzene rings is 2. The van der Waals surface area contributed by atoms with E-state index >= 15 is 0 Å². The van der Waals surface area contributed by atoms with Crippen LogP contribution in [0.2, 0.25) is 5.02 Å². The van der Waals surface area contributed by atoms with Crippen LogP contribution in [0.3, 0.4) is 0 Å². The van der Waals surface area contributed by atoms with Crippen LogP contribution in [0.15, 0.2) is 54.6 Å². The molecule has 2 aromatic rings. The average Bonchev–Trinajstić information content (AvgIpc) is 2.64. The van der Waals surface area contributed by atoms with Gasteiger partial charge in [0.15, 0.2) is 5.78 Å². The van der Waals surface area contributed by atoms with Gasteiger partial charge in [0.25, 0.3) is 0 Å². The van der Waals surface area contributed by atoms with Gasteiger partial charge >= 0.3 is 7.60 Å². The lowest BCUT2D eigenvalue weighted by atomic mass is 10.2. The largest absolute Gasteiger partial charge is 0.368 e. The zero-order valence-corrected chi connectivity index (χ0v) is 18.0. The van der Waals surface area contributed by atoms with Crippen LogP contribution in [0.5, 0.6) is 0 Å². The highest BCUT2D eigenvalue weighted by atomic mass is 35.5. The summed E-state index contributed by atoms with van der Waals surface area (Å²) >= 11 is 6.04. The van der Waals surface area contributed by atoms with Crippen LogP contribution < -0.4 is 5.32 Å². The monoisotopic (exact) mass is 409 g/mol. The minimum Gasteiger partial charge on any atom is -0.368 e. The molecule has 1 N–H and O–H groups in total. The van der Waals surface area contributed by atoms with Crippen LogP contribution in [-0.4, -0.2) is 13.2 Å². The van der Waals surface area contributed by atoms with Crippen molar-refractivity contribution in [2.45, 2.75) is 33.5 Å². The third-order valence-corrected chi connectivity index (χ3v) is 6.08. The number of anilines is 1. The highest BCUT2D eigenvalue weighted by Gasteiger charge is 2.38. The smallest absolute Gasteiger partial charge is 0.357 e. The fraction of sp³-hybridized carbons (Fsp3) is 0.429. The highest BCUT2D eigenvalue weighted by molar-refractivity contribution is 7.54. The van der Waals surface area contributed by atoms with E-state index in [9.17, 15) is 4.57 Å². The molecule has 0 amide bonds. The molecule has 0 radical (unpaired) electrons. The second-order valence-electron chi connectivity index (χ2n) is 7.38. The molecule has 2 rings (SSSR count). The molecule has 2 aromatic carbocycles. The summed E-state index contributed by atoms with van der Waals surface area (Å²) in [5.74, 6) is -0.151. The van der Waals surface area contributed by atoms with Crippen LogP contribution in [0, 0.1) is 11.8 Å². The van der Waals surface area contributed by atoms with Crippen LogP contribution in [0.25, 0.3) is 0 Å². The maximum Gasteiger partial charge on any atom is 0.357 e. The van der Waals surface area contributed by atoms with Gasteiger partial charge in [-0.25, -0.2) is 0 Å². The number of nitrogens with one attached hydrogen (secondary N) is 1. The van der Waals surface area contributed by atoms with Crippen molar-refractivity contribution < 1.29 is 13.6 Å². The Balaban J connectivity index is 2.40. The lowest BCUT2D eigenvalue weighted by Gasteiger charge is -2.30. The number of para-hydroxylation sites is 1. The normalized spacial score (nSPS) is 13.1. The number of hydrogen-bond donors (Lipinski definition) is 1. The van der Waals surface area contributed by atoms with Gasteiger partial charge in [0, 0.05) is 10.7 Å². The zero-order chi connectivity index (χ0) is 19.9. The molecule has 0 aromatic heterocycles. The first kappa shape index (κ1) is 22.0. The molecule has 0 aliphatic carbocycles. The Morgan fingerprint density at radius 3 is 1.89 bits per heavy atom. The third-order valence-electron chi connectivity index (χ3n) is 3.75. The summed E-state index contributed by atoms with van der Waals surface area (Å²) < 4.78 is 25.7. The summed E-state index contributed by atoms with van der Waals surface area (Å²) in [5.41, 5.74) is 1.65. The Bertz CT molecular complexity index is 719. The standard InChI is InChI=1S/C21H29ClNO3P/c1-16(2)14-25-27(24,26-15-17(3)4)21(18-10-12-19(22)13-11-18)23-20-8-6-5-7-9-20/h5-13,16-17,21,23H,14-15H2,1-4H3. The maximum atomic E-state index is 13.9. The van der Waals surface area contributed by atoms with E-state index in [-0.39, 0.29) is 11.8 Å². The predicted molar refractivity (Wildman–Crippen MR) is 113 cm³/mol. The Morgan fingerprint density at radius 2 is 1.41 bits per heavy atom. The highest BCUT2D eigenvalue weighted by Crippen LogP contribution is 2.61. The fourth-order valence-electron chi connectivity index (χ4n) is 2.37. The van der Waals surface area contributed by atoms with Crippen molar-refractivity contribution in [2.24, 2.45) is 11.8 Å². The molecule has 1 atom stereocenters. The van der Waals surface area contributed by atoms with Gasteiger partial charge in [-0.05, 0) is 41.7 Å². The quantitative estimate of drug-likeness (QED) is 0.429. The van der Waals surface area contributed by atoms with Crippen LogP contribution in [-0.2, 0) is 13.6 Å². The summed E-state index contributed by atoms with van der Waals surface area (Å²) in [6.07, 6.45) is 0. The molecular weight excluding hydrogens is 381 g/mol. The molecule has 27 heavy (non-hydrogen) atoms. The van der Waals surface area contributed by atoms with E-state index in [0.717, 1.165) is 11.3 Å². The van der Waals surface area contributed by atoms with Crippen LogP contribution in [0.1, 0.15) is 39.0 Å². The molecule has 0 aliphatic heterocycles. The first-order valence-electron chi connectivity index (χ1n) is 9.26. The molecule has 0 saturated heterocycles. The summed E-state index contributed by atoms with van der Waals surface area (Å²) in [6.45, 7) is 8.80. The molecule has 0 fully saturated rings. The molecule has 0 saturated carbocycles. The maximum absolute atomic E-state index is 13.9. The molecule has 1 unspecified atom stereocenters. The molecule has 4 nitrogen and oxygen atoms in total. The minimum absolute atomic E-state index is 0.239.